The first kappa shape index (κ1) is 19.4. The molecule has 0 aromatic heterocycles. The molecule has 1 saturated heterocycles. The molecule has 0 unspecified atom stereocenters. The second-order valence-corrected chi connectivity index (χ2v) is 5.58. The number of benzene rings is 1. The van der Waals surface area contributed by atoms with Crippen LogP contribution in [0.15, 0.2) is 12.1 Å². The molecule has 2 rings (SSSR count). The molecule has 0 saturated carbocycles. The van der Waals surface area contributed by atoms with E-state index < -0.39 is 24.5 Å². The van der Waals surface area contributed by atoms with Gasteiger partial charge in [-0.1, -0.05) is 0 Å². The van der Waals surface area contributed by atoms with Gasteiger partial charge < -0.3 is 29.6 Å². The Balaban J connectivity index is 1.87. The smallest absolute Gasteiger partial charge is 0.329 e. The van der Waals surface area contributed by atoms with Crippen LogP contribution in [0.1, 0.15) is 18.4 Å². The summed E-state index contributed by atoms with van der Waals surface area (Å²) in [5.41, 5.74) is 0.724. The maximum Gasteiger partial charge on any atom is 0.329 e. The molecule has 1 aromatic rings. The van der Waals surface area contributed by atoms with Gasteiger partial charge >= 0.3 is 5.97 Å². The van der Waals surface area contributed by atoms with E-state index in [2.05, 4.69) is 10.6 Å². The van der Waals surface area contributed by atoms with E-state index in [1.807, 2.05) is 0 Å². The Morgan fingerprint density at radius 3 is 2.31 bits per heavy atom. The Hall–Kier alpha value is -2.97. The average Bonchev–Trinajstić information content (AvgIpc) is 3.09. The van der Waals surface area contributed by atoms with Gasteiger partial charge in [0.1, 0.15) is 6.04 Å². The van der Waals surface area contributed by atoms with Crippen LogP contribution in [0.4, 0.5) is 0 Å². The molecule has 0 bridgehead atoms. The van der Waals surface area contributed by atoms with Crippen molar-refractivity contribution >= 4 is 17.8 Å². The summed E-state index contributed by atoms with van der Waals surface area (Å²) in [6.45, 7) is -0.233. The summed E-state index contributed by atoms with van der Waals surface area (Å²) >= 11 is 0. The molecule has 2 N–H and O–H groups in total. The normalized spacial score (nSPS) is 15.8. The van der Waals surface area contributed by atoms with Crippen LogP contribution in [0.5, 0.6) is 17.2 Å². The molecule has 9 heteroatoms. The molecule has 1 atom stereocenters. The van der Waals surface area contributed by atoms with Gasteiger partial charge in [-0.05, 0) is 24.1 Å². The SMILES string of the molecule is COc1cc(CNC(=O)COC(=O)[C@H]2CCC(=O)N2)cc(OC)c1OC. The molecule has 26 heavy (non-hydrogen) atoms. The monoisotopic (exact) mass is 366 g/mol. The summed E-state index contributed by atoms with van der Waals surface area (Å²) in [6.07, 6.45) is 0.665. The van der Waals surface area contributed by atoms with Crippen LogP contribution in [0.25, 0.3) is 0 Å². The first-order valence-corrected chi connectivity index (χ1v) is 8.00. The van der Waals surface area contributed by atoms with E-state index in [0.29, 0.717) is 23.7 Å². The van der Waals surface area contributed by atoms with E-state index in [-0.39, 0.29) is 18.9 Å². The molecule has 1 aliphatic rings. The maximum absolute atomic E-state index is 11.9. The molecule has 0 aliphatic carbocycles. The molecular formula is C17H22N2O7. The second-order valence-electron chi connectivity index (χ2n) is 5.58. The van der Waals surface area contributed by atoms with E-state index in [1.165, 1.54) is 21.3 Å². The highest BCUT2D eigenvalue weighted by molar-refractivity contribution is 5.89. The first-order valence-electron chi connectivity index (χ1n) is 8.00. The molecule has 1 aromatic carbocycles. The minimum absolute atomic E-state index is 0.188. The van der Waals surface area contributed by atoms with Crippen LogP contribution in [0.3, 0.4) is 0 Å². The summed E-state index contributed by atoms with van der Waals surface area (Å²) in [6, 6.07) is 2.74. The van der Waals surface area contributed by atoms with E-state index in [1.54, 1.807) is 12.1 Å². The number of carbonyl (C=O) groups is 3. The zero-order valence-corrected chi connectivity index (χ0v) is 14.9. The number of hydrogen-bond donors (Lipinski definition) is 2. The Morgan fingerprint density at radius 2 is 1.81 bits per heavy atom. The minimum Gasteiger partial charge on any atom is -0.493 e. The van der Waals surface area contributed by atoms with Crippen molar-refractivity contribution in [2.75, 3.05) is 27.9 Å². The van der Waals surface area contributed by atoms with Crippen molar-refractivity contribution in [2.24, 2.45) is 0 Å². The molecule has 1 fully saturated rings. The number of rotatable bonds is 8. The maximum atomic E-state index is 11.9. The van der Waals surface area contributed by atoms with Gasteiger partial charge in [0.05, 0.1) is 21.3 Å². The molecule has 2 amide bonds. The molecule has 142 valence electrons. The van der Waals surface area contributed by atoms with Crippen molar-refractivity contribution in [3.63, 3.8) is 0 Å². The number of ether oxygens (including phenoxy) is 4. The molecule has 0 radical (unpaired) electrons. The third kappa shape index (κ3) is 4.78. The standard InChI is InChI=1S/C17H22N2O7/c1-23-12-6-10(7-13(24-2)16(12)25-3)8-18-15(21)9-26-17(22)11-4-5-14(20)19-11/h6-7,11H,4-5,8-9H2,1-3H3,(H,18,21)(H,19,20)/t11-/m1/s1. The summed E-state index contributed by atoms with van der Waals surface area (Å²) < 4.78 is 20.6. The van der Waals surface area contributed by atoms with Crippen molar-refractivity contribution in [3.8, 4) is 17.2 Å². The van der Waals surface area contributed by atoms with Crippen LogP contribution in [-0.2, 0) is 25.7 Å². The largest absolute Gasteiger partial charge is 0.493 e. The molecule has 1 heterocycles. The van der Waals surface area contributed by atoms with Gasteiger partial charge in [-0.15, -0.1) is 0 Å². The first-order chi connectivity index (χ1) is 12.5. The quantitative estimate of drug-likeness (QED) is 0.630. The number of hydrogen-bond acceptors (Lipinski definition) is 7. The topological polar surface area (TPSA) is 112 Å². The molecule has 9 nitrogen and oxygen atoms in total. The lowest BCUT2D eigenvalue weighted by Crippen LogP contribution is -2.37. The minimum atomic E-state index is -0.676. The zero-order valence-electron chi connectivity index (χ0n) is 14.9. The van der Waals surface area contributed by atoms with E-state index in [0.717, 1.165) is 5.56 Å². The number of nitrogens with one attached hydrogen (secondary N) is 2. The Bertz CT molecular complexity index is 665. The highest BCUT2D eigenvalue weighted by atomic mass is 16.5. The highest BCUT2D eigenvalue weighted by Gasteiger charge is 2.28. The number of methoxy groups -OCH3 is 3. The van der Waals surface area contributed by atoms with Crippen LogP contribution >= 0.6 is 0 Å². The summed E-state index contributed by atoms with van der Waals surface area (Å²) in [5.74, 6) is 0.130. The van der Waals surface area contributed by atoms with Crippen LogP contribution in [-0.4, -0.2) is 51.8 Å². The fraction of sp³-hybridized carbons (Fsp3) is 0.471. The molecule has 0 spiro atoms. The Kier molecular flexibility index (Phi) is 6.65. The van der Waals surface area contributed by atoms with Crippen LogP contribution < -0.4 is 24.8 Å². The highest BCUT2D eigenvalue weighted by Crippen LogP contribution is 2.38. The van der Waals surface area contributed by atoms with E-state index >= 15 is 0 Å². The van der Waals surface area contributed by atoms with Gasteiger partial charge in [0.15, 0.2) is 18.1 Å². The third-order valence-corrected chi connectivity index (χ3v) is 3.84. The zero-order chi connectivity index (χ0) is 19.1. The van der Waals surface area contributed by atoms with Crippen molar-refractivity contribution in [1.29, 1.82) is 0 Å². The molecular weight excluding hydrogens is 344 g/mol. The predicted octanol–water partition coefficient (Wildman–Crippen LogP) is 0.150. The number of esters is 1. The van der Waals surface area contributed by atoms with Gasteiger partial charge in [0, 0.05) is 13.0 Å². The number of carbonyl (C=O) groups excluding carboxylic acids is 3. The predicted molar refractivity (Wildman–Crippen MR) is 90.1 cm³/mol. The Morgan fingerprint density at radius 1 is 1.15 bits per heavy atom. The van der Waals surface area contributed by atoms with Gasteiger partial charge in [-0.25, -0.2) is 4.79 Å². The van der Waals surface area contributed by atoms with Crippen molar-refractivity contribution in [3.05, 3.63) is 17.7 Å². The van der Waals surface area contributed by atoms with Crippen molar-refractivity contribution in [1.82, 2.24) is 10.6 Å². The van der Waals surface area contributed by atoms with Crippen molar-refractivity contribution in [2.45, 2.75) is 25.4 Å². The summed E-state index contributed by atoms with van der Waals surface area (Å²) in [5, 5.41) is 5.12. The van der Waals surface area contributed by atoms with E-state index in [9.17, 15) is 14.4 Å². The summed E-state index contributed by atoms with van der Waals surface area (Å²) in [7, 11) is 4.50. The lowest BCUT2D eigenvalue weighted by molar-refractivity contribution is -0.150. The van der Waals surface area contributed by atoms with Crippen LogP contribution in [0.2, 0.25) is 0 Å². The molecule has 1 aliphatic heterocycles. The lowest BCUT2D eigenvalue weighted by atomic mass is 10.1. The van der Waals surface area contributed by atoms with Gasteiger partial charge in [-0.2, -0.15) is 0 Å². The third-order valence-electron chi connectivity index (χ3n) is 3.84. The summed E-state index contributed by atoms with van der Waals surface area (Å²) in [4.78, 5) is 34.7. The van der Waals surface area contributed by atoms with Gasteiger partial charge in [-0.3, -0.25) is 9.59 Å². The number of amides is 2. The fourth-order valence-electron chi connectivity index (χ4n) is 2.52. The van der Waals surface area contributed by atoms with Crippen molar-refractivity contribution < 1.29 is 33.3 Å². The second kappa shape index (κ2) is 8.93. The van der Waals surface area contributed by atoms with E-state index in [4.69, 9.17) is 18.9 Å². The average molecular weight is 366 g/mol. The van der Waals surface area contributed by atoms with Gasteiger partial charge in [0.25, 0.3) is 5.91 Å². The fourth-order valence-corrected chi connectivity index (χ4v) is 2.52. The van der Waals surface area contributed by atoms with Crippen LogP contribution in [0, 0.1) is 0 Å². The van der Waals surface area contributed by atoms with Gasteiger partial charge in [0.2, 0.25) is 11.7 Å². The Labute approximate surface area is 150 Å². The lowest BCUT2D eigenvalue weighted by Gasteiger charge is -2.14.